The van der Waals surface area contributed by atoms with E-state index in [9.17, 15) is 4.79 Å². The van der Waals surface area contributed by atoms with Crippen LogP contribution in [0.15, 0.2) is 12.5 Å². The molecule has 0 aromatic carbocycles. The Bertz CT molecular complexity index is 634. The van der Waals surface area contributed by atoms with E-state index in [4.69, 9.17) is 0 Å². The van der Waals surface area contributed by atoms with Gasteiger partial charge in [0.15, 0.2) is 5.65 Å². The Balaban J connectivity index is 1.93. The van der Waals surface area contributed by atoms with E-state index < -0.39 is 0 Å². The number of carbonyl (C=O) groups is 1. The number of fused-ring (bicyclic) bond motifs is 2. The first-order valence-electron chi connectivity index (χ1n) is 5.70. The zero-order valence-electron chi connectivity index (χ0n) is 9.37. The van der Waals surface area contributed by atoms with E-state index in [1.807, 2.05) is 11.9 Å². The molecule has 17 heavy (non-hydrogen) atoms. The van der Waals surface area contributed by atoms with E-state index in [0.717, 1.165) is 23.3 Å². The van der Waals surface area contributed by atoms with Crippen LogP contribution in [0.4, 0.5) is 5.82 Å². The second kappa shape index (κ2) is 2.82. The lowest BCUT2D eigenvalue weighted by molar-refractivity contribution is -0.117. The lowest BCUT2D eigenvalue weighted by atomic mass is 10.3. The first-order valence-corrected chi connectivity index (χ1v) is 5.70. The predicted octanol–water partition coefficient (Wildman–Crippen LogP) is 0.488. The van der Waals surface area contributed by atoms with Crippen LogP contribution < -0.4 is 4.90 Å². The van der Waals surface area contributed by atoms with Crippen molar-refractivity contribution in [3.8, 4) is 0 Å². The molecule has 0 spiro atoms. The lowest BCUT2D eigenvalue weighted by Gasteiger charge is -2.17. The summed E-state index contributed by atoms with van der Waals surface area (Å²) in [6, 6.07) is 0.362. The van der Waals surface area contributed by atoms with E-state index in [1.165, 1.54) is 6.33 Å². The van der Waals surface area contributed by atoms with Gasteiger partial charge in [-0.05, 0) is 12.3 Å². The van der Waals surface area contributed by atoms with Crippen molar-refractivity contribution in [3.63, 3.8) is 0 Å². The molecule has 2 aromatic rings. The highest BCUT2D eigenvalue weighted by Crippen LogP contribution is 2.47. The quantitative estimate of drug-likeness (QED) is 0.713. The molecule has 1 amide bonds. The molecular weight excluding hydrogens is 218 g/mol. The van der Waals surface area contributed by atoms with Crippen LogP contribution in [0.3, 0.4) is 0 Å². The smallest absolute Gasteiger partial charge is 0.228 e. The van der Waals surface area contributed by atoms with Crippen molar-refractivity contribution in [2.24, 2.45) is 13.0 Å². The summed E-state index contributed by atoms with van der Waals surface area (Å²) in [4.78, 5) is 22.2. The minimum absolute atomic E-state index is 0.176. The Morgan fingerprint density at radius 3 is 3.06 bits per heavy atom. The zero-order chi connectivity index (χ0) is 11.6. The number of piperidine rings is 1. The molecular formula is C11H11N5O. The van der Waals surface area contributed by atoms with Crippen LogP contribution in [-0.2, 0) is 11.8 Å². The standard InChI is InChI=1S/C11H11N5O/c1-15-10-7(4-14-15)11(13-5-12-10)16-8-2-6(8)3-9(16)17/h4-6,8H,2-3H2,1H3. The van der Waals surface area contributed by atoms with Crippen LogP contribution >= 0.6 is 0 Å². The lowest BCUT2D eigenvalue weighted by Crippen LogP contribution is -2.29. The van der Waals surface area contributed by atoms with Crippen molar-refractivity contribution in [1.82, 2.24) is 19.7 Å². The average Bonchev–Trinajstić information content (AvgIpc) is 2.82. The van der Waals surface area contributed by atoms with E-state index >= 15 is 0 Å². The highest BCUT2D eigenvalue weighted by Gasteiger charge is 2.52. The third-order valence-corrected chi connectivity index (χ3v) is 3.66. The number of carbonyl (C=O) groups excluding carboxylic acids is 1. The maximum absolute atomic E-state index is 11.9. The van der Waals surface area contributed by atoms with Crippen LogP contribution in [0.5, 0.6) is 0 Å². The van der Waals surface area contributed by atoms with Gasteiger partial charge in [-0.3, -0.25) is 14.4 Å². The first kappa shape index (κ1) is 9.09. The summed E-state index contributed by atoms with van der Waals surface area (Å²) in [7, 11) is 1.84. The van der Waals surface area contributed by atoms with Gasteiger partial charge in [-0.15, -0.1) is 0 Å². The van der Waals surface area contributed by atoms with E-state index in [0.29, 0.717) is 18.4 Å². The normalized spacial score (nSPS) is 26.6. The SMILES string of the molecule is Cn1ncc2c(N3C(=O)CC4CC43)ncnc21. The fourth-order valence-corrected chi connectivity index (χ4v) is 2.69. The van der Waals surface area contributed by atoms with E-state index in [1.54, 1.807) is 10.9 Å². The highest BCUT2D eigenvalue weighted by atomic mass is 16.2. The number of hydrogen-bond acceptors (Lipinski definition) is 4. The van der Waals surface area contributed by atoms with E-state index in [-0.39, 0.29) is 5.91 Å². The molecule has 2 fully saturated rings. The van der Waals surface area contributed by atoms with Crippen molar-refractivity contribution in [3.05, 3.63) is 12.5 Å². The Morgan fingerprint density at radius 2 is 2.29 bits per heavy atom. The van der Waals surface area contributed by atoms with Gasteiger partial charge in [-0.2, -0.15) is 5.10 Å². The molecule has 0 radical (unpaired) electrons. The molecule has 1 aliphatic heterocycles. The summed E-state index contributed by atoms with van der Waals surface area (Å²) in [5.74, 6) is 1.44. The van der Waals surface area contributed by atoms with Crippen molar-refractivity contribution in [1.29, 1.82) is 0 Å². The van der Waals surface area contributed by atoms with Gasteiger partial charge in [0.05, 0.1) is 11.6 Å². The average molecular weight is 229 g/mol. The third kappa shape index (κ3) is 1.09. The topological polar surface area (TPSA) is 63.9 Å². The molecule has 86 valence electrons. The number of anilines is 1. The maximum Gasteiger partial charge on any atom is 0.228 e. The molecule has 2 unspecified atom stereocenters. The summed E-state index contributed by atoms with van der Waals surface area (Å²) in [6.07, 6.45) is 5.00. The monoisotopic (exact) mass is 229 g/mol. The van der Waals surface area contributed by atoms with Crippen molar-refractivity contribution < 1.29 is 4.79 Å². The summed E-state index contributed by atoms with van der Waals surface area (Å²) < 4.78 is 1.70. The summed E-state index contributed by atoms with van der Waals surface area (Å²) >= 11 is 0. The number of aromatic nitrogens is 4. The Kier molecular flexibility index (Phi) is 1.51. The fourth-order valence-electron chi connectivity index (χ4n) is 2.69. The van der Waals surface area contributed by atoms with Crippen LogP contribution in [-0.4, -0.2) is 31.7 Å². The van der Waals surface area contributed by atoms with Crippen molar-refractivity contribution in [2.75, 3.05) is 4.90 Å². The molecule has 0 N–H and O–H groups in total. The zero-order valence-corrected chi connectivity index (χ0v) is 9.37. The number of rotatable bonds is 1. The molecule has 2 aliphatic rings. The van der Waals surface area contributed by atoms with Crippen LogP contribution in [0.1, 0.15) is 12.8 Å². The van der Waals surface area contributed by atoms with Crippen molar-refractivity contribution >= 4 is 22.8 Å². The second-order valence-corrected chi connectivity index (χ2v) is 4.73. The molecule has 3 heterocycles. The van der Waals surface area contributed by atoms with Crippen LogP contribution in [0.2, 0.25) is 0 Å². The van der Waals surface area contributed by atoms with Gasteiger partial charge in [-0.25, -0.2) is 9.97 Å². The van der Waals surface area contributed by atoms with Crippen LogP contribution in [0, 0.1) is 5.92 Å². The van der Waals surface area contributed by atoms with Crippen LogP contribution in [0.25, 0.3) is 11.0 Å². The number of nitrogens with zero attached hydrogens (tertiary/aromatic N) is 5. The molecule has 0 bridgehead atoms. The van der Waals surface area contributed by atoms with Gasteiger partial charge >= 0.3 is 0 Å². The third-order valence-electron chi connectivity index (χ3n) is 3.66. The van der Waals surface area contributed by atoms with Gasteiger partial charge in [0, 0.05) is 19.5 Å². The molecule has 6 heteroatoms. The van der Waals surface area contributed by atoms with Gasteiger partial charge in [0.1, 0.15) is 12.1 Å². The molecule has 1 saturated carbocycles. The predicted molar refractivity (Wildman–Crippen MR) is 60.3 cm³/mol. The molecule has 1 aliphatic carbocycles. The van der Waals surface area contributed by atoms with E-state index in [2.05, 4.69) is 15.1 Å². The fraction of sp³-hybridized carbons (Fsp3) is 0.455. The largest absolute Gasteiger partial charge is 0.293 e. The molecule has 4 rings (SSSR count). The minimum Gasteiger partial charge on any atom is -0.293 e. The maximum atomic E-state index is 11.9. The Labute approximate surface area is 97.3 Å². The van der Waals surface area contributed by atoms with Gasteiger partial charge in [0.25, 0.3) is 0 Å². The summed E-state index contributed by atoms with van der Waals surface area (Å²) in [5.41, 5.74) is 0.770. The Morgan fingerprint density at radius 1 is 1.41 bits per heavy atom. The molecule has 6 nitrogen and oxygen atoms in total. The van der Waals surface area contributed by atoms with Gasteiger partial charge < -0.3 is 0 Å². The number of aryl methyl sites for hydroxylation is 1. The Hall–Kier alpha value is -1.98. The van der Waals surface area contributed by atoms with Gasteiger partial charge in [0.2, 0.25) is 5.91 Å². The number of hydrogen-bond donors (Lipinski definition) is 0. The summed E-state index contributed by atoms with van der Waals surface area (Å²) in [6.45, 7) is 0. The molecule has 1 saturated heterocycles. The molecule has 2 aromatic heterocycles. The van der Waals surface area contributed by atoms with Crippen molar-refractivity contribution in [2.45, 2.75) is 18.9 Å². The molecule has 2 atom stereocenters. The highest BCUT2D eigenvalue weighted by molar-refractivity contribution is 6.03. The minimum atomic E-state index is 0.176. The van der Waals surface area contributed by atoms with Gasteiger partial charge in [-0.1, -0.05) is 0 Å². The number of amides is 1. The second-order valence-electron chi connectivity index (χ2n) is 4.73. The first-order chi connectivity index (χ1) is 8.25. The summed E-state index contributed by atoms with van der Waals surface area (Å²) in [5, 5.41) is 5.02.